The van der Waals surface area contributed by atoms with Gasteiger partial charge in [0.15, 0.2) is 5.75 Å². The van der Waals surface area contributed by atoms with Gasteiger partial charge in [0.25, 0.3) is 0 Å². The molecule has 0 radical (unpaired) electrons. The number of anilines is 2. The van der Waals surface area contributed by atoms with Gasteiger partial charge >= 0.3 is 24.5 Å². The highest BCUT2D eigenvalue weighted by Crippen LogP contribution is 2.41. The average molecular weight is 797 g/mol. The van der Waals surface area contributed by atoms with Crippen LogP contribution in [0.2, 0.25) is 0 Å². The van der Waals surface area contributed by atoms with Crippen molar-refractivity contribution in [1.82, 2.24) is 9.97 Å². The smallest absolute Gasteiger partial charge is 0.416 e. The molecule has 1 aliphatic rings. The number of aliphatic carboxylic acids is 1. The predicted molar refractivity (Wildman–Crippen MR) is 185 cm³/mol. The summed E-state index contributed by atoms with van der Waals surface area (Å²) in [6, 6.07) is 2.87. The number of carboxylic acids is 1. The molecule has 18 heteroatoms. The minimum Gasteiger partial charge on any atom is -0.489 e. The fraction of sp³-hybridized carbons (Fsp3) is 0.528. The Kier molecular flexibility index (Phi) is 13.9. The molecule has 298 valence electrons. The van der Waals surface area contributed by atoms with Gasteiger partial charge in [0.2, 0.25) is 5.95 Å². The third-order valence-electron chi connectivity index (χ3n) is 9.45. The predicted octanol–water partition coefficient (Wildman–Crippen LogP) is 9.17. The maximum atomic E-state index is 14.1. The topological polar surface area (TPSA) is 95.9 Å². The van der Waals surface area contributed by atoms with E-state index in [0.29, 0.717) is 56.6 Å². The summed E-state index contributed by atoms with van der Waals surface area (Å²) in [5.41, 5.74) is -4.15. The highest BCUT2D eigenvalue weighted by molar-refractivity contribution is 7.84. The number of carboxylic acid groups (broad SMARTS) is 1. The van der Waals surface area contributed by atoms with E-state index in [1.165, 1.54) is 36.5 Å². The number of alkyl halides is 9. The molecular formula is C36H41F9N4O4S. The molecule has 1 N–H and O–H groups in total. The summed E-state index contributed by atoms with van der Waals surface area (Å²) in [6.07, 6.45) is -8.46. The molecule has 1 aliphatic carbocycles. The van der Waals surface area contributed by atoms with E-state index < -0.39 is 70.1 Å². The maximum absolute atomic E-state index is 14.1. The zero-order chi connectivity index (χ0) is 40.0. The zero-order valence-electron chi connectivity index (χ0n) is 29.7. The zero-order valence-corrected chi connectivity index (χ0v) is 30.5. The van der Waals surface area contributed by atoms with Gasteiger partial charge in [0.05, 0.1) is 47.5 Å². The fourth-order valence-electron chi connectivity index (χ4n) is 6.55. The van der Waals surface area contributed by atoms with E-state index in [9.17, 15) is 53.6 Å². The van der Waals surface area contributed by atoms with Crippen LogP contribution in [-0.4, -0.2) is 57.0 Å². The van der Waals surface area contributed by atoms with Crippen molar-refractivity contribution in [2.45, 2.75) is 77.1 Å². The fourth-order valence-corrected chi connectivity index (χ4v) is 6.86. The van der Waals surface area contributed by atoms with Crippen molar-refractivity contribution in [3.63, 3.8) is 0 Å². The van der Waals surface area contributed by atoms with Gasteiger partial charge in [-0.1, -0.05) is 0 Å². The van der Waals surface area contributed by atoms with Crippen LogP contribution in [-0.2, 0) is 40.7 Å². The minimum atomic E-state index is -5.15. The lowest BCUT2D eigenvalue weighted by molar-refractivity contribution is -0.143. The summed E-state index contributed by atoms with van der Waals surface area (Å²) in [4.78, 5) is 22.8. The van der Waals surface area contributed by atoms with Crippen LogP contribution in [0.1, 0.15) is 79.8 Å². The lowest BCUT2D eigenvalue weighted by atomic mass is 9.80. The van der Waals surface area contributed by atoms with Crippen molar-refractivity contribution in [2.24, 2.45) is 11.8 Å². The number of ether oxygens (including phenoxy) is 1. The largest absolute Gasteiger partial charge is 0.489 e. The van der Waals surface area contributed by atoms with Gasteiger partial charge in [0, 0.05) is 48.8 Å². The second-order valence-electron chi connectivity index (χ2n) is 13.4. The molecule has 8 nitrogen and oxygen atoms in total. The van der Waals surface area contributed by atoms with Crippen molar-refractivity contribution >= 4 is 28.4 Å². The van der Waals surface area contributed by atoms with Crippen LogP contribution in [0.15, 0.2) is 48.8 Å². The molecule has 1 fully saturated rings. The van der Waals surface area contributed by atoms with E-state index in [2.05, 4.69) is 9.97 Å². The van der Waals surface area contributed by atoms with Crippen molar-refractivity contribution in [3.05, 3.63) is 76.6 Å². The van der Waals surface area contributed by atoms with E-state index in [1.807, 2.05) is 4.90 Å². The SMILES string of the molecule is CCN(CC1CCC(CC(=O)O)CC1)c1ccc(C(F)(F)F)cc1CN(c1ncc(OCC[S@@](C)=O)cn1)C(C)c1cc(C(F)(F)F)cc(C(F)(F)F)c1. The van der Waals surface area contributed by atoms with Crippen LogP contribution in [0.25, 0.3) is 0 Å². The number of nitrogens with zero attached hydrogens (tertiary/aromatic N) is 4. The molecule has 0 aliphatic heterocycles. The maximum Gasteiger partial charge on any atom is 0.416 e. The minimum absolute atomic E-state index is 0.00824. The summed E-state index contributed by atoms with van der Waals surface area (Å²) in [6.45, 7) is 3.43. The summed E-state index contributed by atoms with van der Waals surface area (Å²) in [7, 11) is -1.18. The average Bonchev–Trinajstić information content (AvgIpc) is 3.08. The Balaban J connectivity index is 1.80. The van der Waals surface area contributed by atoms with E-state index >= 15 is 0 Å². The van der Waals surface area contributed by atoms with Crippen LogP contribution in [0.4, 0.5) is 51.1 Å². The monoisotopic (exact) mass is 796 g/mol. The highest BCUT2D eigenvalue weighted by Gasteiger charge is 2.38. The number of rotatable bonds is 15. The quantitative estimate of drug-likeness (QED) is 0.152. The first-order valence-corrected chi connectivity index (χ1v) is 18.9. The molecule has 2 atom stereocenters. The van der Waals surface area contributed by atoms with Crippen LogP contribution in [0.3, 0.4) is 0 Å². The number of halogens is 9. The van der Waals surface area contributed by atoms with Crippen molar-refractivity contribution in [1.29, 1.82) is 0 Å². The highest BCUT2D eigenvalue weighted by atomic mass is 32.2. The van der Waals surface area contributed by atoms with Crippen LogP contribution >= 0.6 is 0 Å². The summed E-state index contributed by atoms with van der Waals surface area (Å²) < 4.78 is 143. The Morgan fingerprint density at radius 1 is 0.889 bits per heavy atom. The number of hydrogen-bond donors (Lipinski definition) is 1. The van der Waals surface area contributed by atoms with Gasteiger partial charge in [-0.3, -0.25) is 9.00 Å². The Labute approximate surface area is 309 Å². The normalized spacial score (nSPS) is 17.9. The van der Waals surface area contributed by atoms with Crippen LogP contribution in [0, 0.1) is 11.8 Å². The number of benzene rings is 2. The van der Waals surface area contributed by atoms with Gasteiger partial charge in [-0.05, 0) is 98.9 Å². The molecule has 1 aromatic heterocycles. The number of carbonyl (C=O) groups is 1. The molecule has 3 aromatic rings. The number of aromatic nitrogens is 2. The van der Waals surface area contributed by atoms with Crippen LogP contribution in [0.5, 0.6) is 5.75 Å². The van der Waals surface area contributed by atoms with Crippen molar-refractivity contribution < 1.29 is 58.4 Å². The van der Waals surface area contributed by atoms with Gasteiger partial charge in [-0.25, -0.2) is 9.97 Å². The second kappa shape index (κ2) is 17.6. The molecule has 1 heterocycles. The van der Waals surface area contributed by atoms with Gasteiger partial charge < -0.3 is 19.6 Å². The van der Waals surface area contributed by atoms with Crippen LogP contribution < -0.4 is 14.5 Å². The molecule has 0 saturated heterocycles. The van der Waals surface area contributed by atoms with Gasteiger partial charge in [-0.15, -0.1) is 0 Å². The number of hydrogen-bond acceptors (Lipinski definition) is 7. The molecule has 2 aromatic carbocycles. The Morgan fingerprint density at radius 2 is 1.44 bits per heavy atom. The van der Waals surface area contributed by atoms with Gasteiger partial charge in [0.1, 0.15) is 0 Å². The molecule has 54 heavy (non-hydrogen) atoms. The molecule has 0 amide bonds. The lowest BCUT2D eigenvalue weighted by Crippen LogP contribution is -2.34. The van der Waals surface area contributed by atoms with E-state index in [4.69, 9.17) is 4.74 Å². The molecule has 0 spiro atoms. The second-order valence-corrected chi connectivity index (χ2v) is 14.9. The van der Waals surface area contributed by atoms with Crippen molar-refractivity contribution in [2.75, 3.05) is 41.5 Å². The third kappa shape index (κ3) is 11.7. The molecular weight excluding hydrogens is 755 g/mol. The first-order valence-electron chi connectivity index (χ1n) is 17.1. The molecule has 1 saturated carbocycles. The first kappa shape index (κ1) is 42.6. The third-order valence-corrected chi connectivity index (χ3v) is 10.2. The molecule has 0 bridgehead atoms. The van der Waals surface area contributed by atoms with Gasteiger partial charge in [-0.2, -0.15) is 39.5 Å². The summed E-state index contributed by atoms with van der Waals surface area (Å²) in [5, 5.41) is 9.19. The standard InChI is InChI=1S/C36H41F9N4O4S/c1-4-48(20-24-7-5-23(6-8-24)13-32(50)51)31-10-9-27(34(37,38)39)16-26(31)21-49(33-46-18-30(19-47-33)53-11-12-54(3)52)22(2)25-14-28(35(40,41)42)17-29(15-25)36(43,44)45/h9-10,14-19,22-24H,4-8,11-13,20-21H2,1-3H3,(H,50,51)/t22?,23?,24?,54-/m1/s1. The molecule has 1 unspecified atom stereocenters. The Morgan fingerprint density at radius 3 is 1.94 bits per heavy atom. The first-order chi connectivity index (χ1) is 25.1. The Bertz CT molecular complexity index is 1710. The summed E-state index contributed by atoms with van der Waals surface area (Å²) >= 11 is 0. The lowest BCUT2D eigenvalue weighted by Gasteiger charge is -2.36. The summed E-state index contributed by atoms with van der Waals surface area (Å²) in [5.74, 6) is -0.702. The van der Waals surface area contributed by atoms with E-state index in [0.717, 1.165) is 12.1 Å². The van der Waals surface area contributed by atoms with E-state index in [1.54, 1.807) is 6.92 Å². The van der Waals surface area contributed by atoms with Crippen molar-refractivity contribution in [3.8, 4) is 5.75 Å². The molecule has 4 rings (SSSR count). The Hall–Kier alpha value is -4.09. The van der Waals surface area contributed by atoms with E-state index in [-0.39, 0.29) is 53.9 Å².